The van der Waals surface area contributed by atoms with E-state index in [1.54, 1.807) is 0 Å². The SMILES string of the molecule is CON(C)C(=O)c1cnc(OC(C)C)o1. The van der Waals surface area contributed by atoms with Crippen LogP contribution in [0.3, 0.4) is 0 Å². The van der Waals surface area contributed by atoms with Gasteiger partial charge in [0.15, 0.2) is 0 Å². The first-order chi connectivity index (χ1) is 7.04. The minimum Gasteiger partial charge on any atom is -0.447 e. The Kier molecular flexibility index (Phi) is 3.68. The molecule has 0 saturated carbocycles. The topological polar surface area (TPSA) is 64.8 Å². The number of hydrogen-bond donors (Lipinski definition) is 0. The molecular formula is C9H14N2O4. The van der Waals surface area contributed by atoms with E-state index in [0.717, 1.165) is 5.06 Å². The summed E-state index contributed by atoms with van der Waals surface area (Å²) < 4.78 is 10.2. The van der Waals surface area contributed by atoms with Crippen molar-refractivity contribution < 1.29 is 18.8 Å². The number of ether oxygens (including phenoxy) is 1. The van der Waals surface area contributed by atoms with Gasteiger partial charge in [0.25, 0.3) is 0 Å². The maximum absolute atomic E-state index is 11.5. The smallest absolute Gasteiger partial charge is 0.394 e. The molecule has 84 valence electrons. The lowest BCUT2D eigenvalue weighted by molar-refractivity contribution is -0.0775. The summed E-state index contributed by atoms with van der Waals surface area (Å²) in [7, 11) is 2.87. The van der Waals surface area contributed by atoms with Crippen LogP contribution in [0.4, 0.5) is 0 Å². The summed E-state index contributed by atoms with van der Waals surface area (Å²) in [4.78, 5) is 20.0. The Hall–Kier alpha value is -1.56. The van der Waals surface area contributed by atoms with E-state index in [2.05, 4.69) is 4.98 Å². The molecule has 15 heavy (non-hydrogen) atoms. The molecule has 0 fully saturated rings. The van der Waals surface area contributed by atoms with Gasteiger partial charge in [0.2, 0.25) is 5.76 Å². The fraction of sp³-hybridized carbons (Fsp3) is 0.556. The Morgan fingerprint density at radius 3 is 2.80 bits per heavy atom. The van der Waals surface area contributed by atoms with Crippen LogP contribution >= 0.6 is 0 Å². The maximum atomic E-state index is 11.5. The Labute approximate surface area is 87.7 Å². The van der Waals surface area contributed by atoms with E-state index in [-0.39, 0.29) is 17.9 Å². The summed E-state index contributed by atoms with van der Waals surface area (Å²) in [6, 6.07) is 0. The second-order valence-electron chi connectivity index (χ2n) is 3.14. The summed E-state index contributed by atoms with van der Waals surface area (Å²) in [5.74, 6) is -0.335. The minimum atomic E-state index is -0.413. The average Bonchev–Trinajstić information content (AvgIpc) is 2.63. The van der Waals surface area contributed by atoms with E-state index in [1.165, 1.54) is 20.4 Å². The van der Waals surface area contributed by atoms with Crippen molar-refractivity contribution in [2.45, 2.75) is 20.0 Å². The van der Waals surface area contributed by atoms with Crippen LogP contribution in [-0.4, -0.2) is 36.2 Å². The molecule has 1 aromatic heterocycles. The zero-order valence-corrected chi connectivity index (χ0v) is 9.18. The number of aromatic nitrogens is 1. The van der Waals surface area contributed by atoms with Crippen molar-refractivity contribution in [3.8, 4) is 6.08 Å². The summed E-state index contributed by atoms with van der Waals surface area (Å²) >= 11 is 0. The predicted molar refractivity (Wildman–Crippen MR) is 51.4 cm³/mol. The van der Waals surface area contributed by atoms with Gasteiger partial charge >= 0.3 is 12.0 Å². The number of rotatable bonds is 4. The lowest BCUT2D eigenvalue weighted by Crippen LogP contribution is -2.24. The number of hydroxylamine groups is 2. The van der Waals surface area contributed by atoms with Crippen molar-refractivity contribution in [3.63, 3.8) is 0 Å². The van der Waals surface area contributed by atoms with Crippen molar-refractivity contribution in [2.24, 2.45) is 0 Å². The predicted octanol–water partition coefficient (Wildman–Crippen LogP) is 1.10. The molecule has 6 heteroatoms. The van der Waals surface area contributed by atoms with Gasteiger partial charge in [0.05, 0.1) is 19.4 Å². The first-order valence-electron chi connectivity index (χ1n) is 4.49. The molecule has 0 unspecified atom stereocenters. The number of amides is 1. The monoisotopic (exact) mass is 214 g/mol. The number of oxazole rings is 1. The lowest BCUT2D eigenvalue weighted by Gasteiger charge is -2.10. The normalized spacial score (nSPS) is 10.5. The van der Waals surface area contributed by atoms with Gasteiger partial charge in [0, 0.05) is 7.05 Å². The van der Waals surface area contributed by atoms with Crippen LogP contribution in [0.15, 0.2) is 10.6 Å². The first kappa shape index (κ1) is 11.5. The number of carbonyl (C=O) groups is 1. The van der Waals surface area contributed by atoms with Crippen LogP contribution in [0.1, 0.15) is 24.4 Å². The zero-order valence-electron chi connectivity index (χ0n) is 9.18. The van der Waals surface area contributed by atoms with E-state index < -0.39 is 5.91 Å². The van der Waals surface area contributed by atoms with Crippen LogP contribution in [0.25, 0.3) is 0 Å². The van der Waals surface area contributed by atoms with Gasteiger partial charge in [0.1, 0.15) is 0 Å². The highest BCUT2D eigenvalue weighted by molar-refractivity contribution is 5.90. The molecule has 0 aliphatic heterocycles. The third kappa shape index (κ3) is 2.95. The fourth-order valence-electron chi connectivity index (χ4n) is 0.851. The van der Waals surface area contributed by atoms with Crippen LogP contribution in [-0.2, 0) is 4.84 Å². The van der Waals surface area contributed by atoms with Crippen molar-refractivity contribution in [1.82, 2.24) is 10.0 Å². The second-order valence-corrected chi connectivity index (χ2v) is 3.14. The van der Waals surface area contributed by atoms with Crippen molar-refractivity contribution in [2.75, 3.05) is 14.2 Å². The van der Waals surface area contributed by atoms with E-state index in [0.29, 0.717) is 0 Å². The van der Waals surface area contributed by atoms with Gasteiger partial charge in [-0.05, 0) is 13.8 Å². The first-order valence-corrected chi connectivity index (χ1v) is 4.49. The second kappa shape index (κ2) is 4.79. The Morgan fingerprint density at radius 2 is 2.27 bits per heavy atom. The third-order valence-corrected chi connectivity index (χ3v) is 1.59. The number of hydrogen-bond acceptors (Lipinski definition) is 5. The molecular weight excluding hydrogens is 200 g/mol. The highest BCUT2D eigenvalue weighted by Gasteiger charge is 2.17. The average molecular weight is 214 g/mol. The highest BCUT2D eigenvalue weighted by atomic mass is 16.7. The van der Waals surface area contributed by atoms with Gasteiger partial charge in [-0.3, -0.25) is 9.63 Å². The minimum absolute atomic E-state index is 0.0493. The molecule has 1 aromatic rings. The Morgan fingerprint density at radius 1 is 1.60 bits per heavy atom. The zero-order chi connectivity index (χ0) is 11.4. The van der Waals surface area contributed by atoms with Crippen LogP contribution in [0.2, 0.25) is 0 Å². The van der Waals surface area contributed by atoms with Gasteiger partial charge in [-0.1, -0.05) is 0 Å². The van der Waals surface area contributed by atoms with Crippen molar-refractivity contribution >= 4 is 5.91 Å². The van der Waals surface area contributed by atoms with Gasteiger partial charge in [-0.25, -0.2) is 5.06 Å². The Balaban J connectivity index is 2.71. The quantitative estimate of drug-likeness (QED) is 0.702. The molecule has 0 saturated heterocycles. The summed E-state index contributed by atoms with van der Waals surface area (Å²) in [5.41, 5.74) is 0. The fourth-order valence-corrected chi connectivity index (χ4v) is 0.851. The molecule has 0 spiro atoms. The molecule has 1 amide bonds. The number of carbonyl (C=O) groups excluding carboxylic acids is 1. The van der Waals surface area contributed by atoms with E-state index in [1.807, 2.05) is 13.8 Å². The molecule has 0 bridgehead atoms. The molecule has 0 aromatic carbocycles. The van der Waals surface area contributed by atoms with Crippen LogP contribution < -0.4 is 4.74 Å². The molecule has 1 rings (SSSR count). The van der Waals surface area contributed by atoms with Crippen molar-refractivity contribution in [3.05, 3.63) is 12.0 Å². The largest absolute Gasteiger partial charge is 0.447 e. The summed E-state index contributed by atoms with van der Waals surface area (Å²) in [6.07, 6.45) is 1.33. The molecule has 1 heterocycles. The van der Waals surface area contributed by atoms with Crippen LogP contribution in [0.5, 0.6) is 6.08 Å². The summed E-state index contributed by atoms with van der Waals surface area (Å²) in [6.45, 7) is 3.68. The van der Waals surface area contributed by atoms with E-state index in [4.69, 9.17) is 14.0 Å². The van der Waals surface area contributed by atoms with Gasteiger partial charge in [-0.2, -0.15) is 4.98 Å². The van der Waals surface area contributed by atoms with Gasteiger partial charge in [-0.15, -0.1) is 0 Å². The molecule has 0 radical (unpaired) electrons. The standard InChI is InChI=1S/C9H14N2O4/c1-6(2)14-9-10-5-7(15-9)8(12)11(3)13-4/h5-6H,1-4H3. The highest BCUT2D eigenvalue weighted by Crippen LogP contribution is 2.14. The van der Waals surface area contributed by atoms with Gasteiger partial charge < -0.3 is 9.15 Å². The maximum Gasteiger partial charge on any atom is 0.394 e. The molecule has 0 atom stereocenters. The Bertz CT molecular complexity index is 335. The molecule has 0 aliphatic rings. The van der Waals surface area contributed by atoms with E-state index >= 15 is 0 Å². The van der Waals surface area contributed by atoms with Crippen LogP contribution in [0, 0.1) is 0 Å². The van der Waals surface area contributed by atoms with Crippen molar-refractivity contribution in [1.29, 1.82) is 0 Å². The van der Waals surface area contributed by atoms with E-state index in [9.17, 15) is 4.79 Å². The summed E-state index contributed by atoms with van der Waals surface area (Å²) in [5, 5.41) is 1.04. The number of nitrogens with zero attached hydrogens (tertiary/aromatic N) is 2. The molecule has 0 aliphatic carbocycles. The lowest BCUT2D eigenvalue weighted by atomic mass is 10.5. The molecule has 6 nitrogen and oxygen atoms in total. The third-order valence-electron chi connectivity index (χ3n) is 1.59. The molecule has 0 N–H and O–H groups in total.